The maximum atomic E-state index is 12.2. The first kappa shape index (κ1) is 13.8. The average Bonchev–Trinajstić information content (AvgIpc) is 3.23. The van der Waals surface area contributed by atoms with E-state index in [4.69, 9.17) is 9.84 Å². The van der Waals surface area contributed by atoms with E-state index in [0.29, 0.717) is 13.2 Å². The molecule has 0 heterocycles. The van der Waals surface area contributed by atoms with Gasteiger partial charge < -0.3 is 20.1 Å². The molecule has 0 spiro atoms. The SMILES string of the molecule is COCc1ccccc1NC(=O)N(CCO)C1CC1. The van der Waals surface area contributed by atoms with Crippen LogP contribution in [0.25, 0.3) is 0 Å². The van der Waals surface area contributed by atoms with Gasteiger partial charge in [0.05, 0.1) is 13.2 Å². The molecule has 1 aliphatic rings. The van der Waals surface area contributed by atoms with Crippen LogP contribution >= 0.6 is 0 Å². The normalized spacial score (nSPS) is 14.2. The second-order valence-corrected chi connectivity index (χ2v) is 4.67. The van der Waals surface area contributed by atoms with Crippen molar-refractivity contribution >= 4 is 11.7 Å². The number of carbonyl (C=O) groups excluding carboxylic acids is 1. The Morgan fingerprint density at radius 2 is 2.21 bits per heavy atom. The van der Waals surface area contributed by atoms with E-state index in [2.05, 4.69) is 5.32 Å². The quantitative estimate of drug-likeness (QED) is 0.824. The highest BCUT2D eigenvalue weighted by molar-refractivity contribution is 5.90. The zero-order valence-corrected chi connectivity index (χ0v) is 11.1. The van der Waals surface area contributed by atoms with Crippen molar-refractivity contribution in [1.82, 2.24) is 4.90 Å². The minimum Gasteiger partial charge on any atom is -0.395 e. The van der Waals surface area contributed by atoms with Crippen molar-refractivity contribution in [3.8, 4) is 0 Å². The smallest absolute Gasteiger partial charge is 0.322 e. The lowest BCUT2D eigenvalue weighted by Gasteiger charge is -2.22. The third-order valence-corrected chi connectivity index (χ3v) is 3.15. The molecule has 104 valence electrons. The van der Waals surface area contributed by atoms with Gasteiger partial charge in [-0.1, -0.05) is 18.2 Å². The van der Waals surface area contributed by atoms with Crippen molar-refractivity contribution in [1.29, 1.82) is 0 Å². The van der Waals surface area contributed by atoms with Crippen LogP contribution in [0.5, 0.6) is 0 Å². The second-order valence-electron chi connectivity index (χ2n) is 4.67. The summed E-state index contributed by atoms with van der Waals surface area (Å²) < 4.78 is 5.11. The molecule has 0 atom stereocenters. The van der Waals surface area contributed by atoms with E-state index in [1.807, 2.05) is 24.3 Å². The molecule has 1 aromatic rings. The van der Waals surface area contributed by atoms with E-state index in [0.717, 1.165) is 24.1 Å². The lowest BCUT2D eigenvalue weighted by molar-refractivity contribution is 0.183. The lowest BCUT2D eigenvalue weighted by atomic mass is 10.2. The Morgan fingerprint density at radius 3 is 2.84 bits per heavy atom. The Hall–Kier alpha value is -1.59. The second kappa shape index (κ2) is 6.54. The van der Waals surface area contributed by atoms with Gasteiger partial charge in [-0.3, -0.25) is 0 Å². The Bertz CT molecular complexity index is 432. The maximum absolute atomic E-state index is 12.2. The number of nitrogens with zero attached hydrogens (tertiary/aromatic N) is 1. The molecular weight excluding hydrogens is 244 g/mol. The number of rotatable bonds is 6. The summed E-state index contributed by atoms with van der Waals surface area (Å²) in [4.78, 5) is 13.9. The number of ether oxygens (including phenoxy) is 1. The third-order valence-electron chi connectivity index (χ3n) is 3.15. The Morgan fingerprint density at radius 1 is 1.47 bits per heavy atom. The number of para-hydroxylation sites is 1. The number of anilines is 1. The molecule has 2 amide bonds. The van der Waals surface area contributed by atoms with Gasteiger partial charge in [0.1, 0.15) is 0 Å². The Balaban J connectivity index is 2.04. The molecule has 1 aliphatic carbocycles. The van der Waals surface area contributed by atoms with Crippen LogP contribution < -0.4 is 5.32 Å². The number of hydrogen-bond acceptors (Lipinski definition) is 3. The van der Waals surface area contributed by atoms with Crippen molar-refractivity contribution in [3.63, 3.8) is 0 Å². The first-order valence-corrected chi connectivity index (χ1v) is 6.51. The van der Waals surface area contributed by atoms with Crippen molar-refractivity contribution in [2.75, 3.05) is 25.6 Å². The monoisotopic (exact) mass is 264 g/mol. The predicted molar refractivity (Wildman–Crippen MR) is 73.0 cm³/mol. The largest absolute Gasteiger partial charge is 0.395 e. The van der Waals surface area contributed by atoms with Crippen LogP contribution in [0.15, 0.2) is 24.3 Å². The van der Waals surface area contributed by atoms with E-state index in [1.165, 1.54) is 0 Å². The third kappa shape index (κ3) is 3.68. The summed E-state index contributed by atoms with van der Waals surface area (Å²) in [5.41, 5.74) is 1.70. The summed E-state index contributed by atoms with van der Waals surface area (Å²) in [5, 5.41) is 11.9. The van der Waals surface area contributed by atoms with Crippen molar-refractivity contribution < 1.29 is 14.6 Å². The highest BCUT2D eigenvalue weighted by atomic mass is 16.5. The predicted octanol–water partition coefficient (Wildman–Crippen LogP) is 1.82. The molecule has 2 N–H and O–H groups in total. The van der Waals surface area contributed by atoms with Crippen LogP contribution in [0.4, 0.5) is 10.5 Å². The zero-order chi connectivity index (χ0) is 13.7. The summed E-state index contributed by atoms with van der Waals surface area (Å²) in [6.07, 6.45) is 2.04. The molecule has 0 saturated heterocycles. The van der Waals surface area contributed by atoms with Crippen molar-refractivity contribution in [2.24, 2.45) is 0 Å². The van der Waals surface area contributed by atoms with Crippen LogP contribution in [-0.4, -0.2) is 42.3 Å². The molecule has 0 radical (unpaired) electrons. The topological polar surface area (TPSA) is 61.8 Å². The number of amides is 2. The number of nitrogens with one attached hydrogen (secondary N) is 1. The van der Waals surface area contributed by atoms with Gasteiger partial charge in [0.15, 0.2) is 0 Å². The molecule has 1 fully saturated rings. The summed E-state index contributed by atoms with van der Waals surface area (Å²) in [6.45, 7) is 0.826. The summed E-state index contributed by atoms with van der Waals surface area (Å²) >= 11 is 0. The number of methoxy groups -OCH3 is 1. The van der Waals surface area contributed by atoms with E-state index >= 15 is 0 Å². The molecule has 0 unspecified atom stereocenters. The van der Waals surface area contributed by atoms with E-state index in [-0.39, 0.29) is 18.7 Å². The molecule has 5 nitrogen and oxygen atoms in total. The summed E-state index contributed by atoms with van der Waals surface area (Å²) in [7, 11) is 1.63. The van der Waals surface area contributed by atoms with Crippen LogP contribution in [-0.2, 0) is 11.3 Å². The zero-order valence-electron chi connectivity index (χ0n) is 11.1. The van der Waals surface area contributed by atoms with Crippen molar-refractivity contribution in [2.45, 2.75) is 25.5 Å². The van der Waals surface area contributed by atoms with Gasteiger partial charge in [-0.15, -0.1) is 0 Å². The Labute approximate surface area is 113 Å². The molecule has 5 heteroatoms. The minimum absolute atomic E-state index is 0.0103. The van der Waals surface area contributed by atoms with Gasteiger partial charge in [-0.05, 0) is 18.9 Å². The van der Waals surface area contributed by atoms with Gasteiger partial charge in [0.2, 0.25) is 0 Å². The fourth-order valence-electron chi connectivity index (χ4n) is 2.05. The van der Waals surface area contributed by atoms with Gasteiger partial charge in [0, 0.05) is 30.9 Å². The number of aliphatic hydroxyl groups is 1. The molecule has 1 saturated carbocycles. The Kier molecular flexibility index (Phi) is 4.76. The molecule has 0 bridgehead atoms. The summed E-state index contributed by atoms with van der Waals surface area (Å²) in [6, 6.07) is 7.70. The standard InChI is InChI=1S/C14H20N2O3/c1-19-10-11-4-2-3-5-13(11)15-14(18)16(8-9-17)12-6-7-12/h2-5,12,17H,6-10H2,1H3,(H,15,18). The molecule has 2 rings (SSSR count). The van der Waals surface area contributed by atoms with Crippen LogP contribution in [0.3, 0.4) is 0 Å². The van der Waals surface area contributed by atoms with E-state index in [1.54, 1.807) is 12.0 Å². The van der Waals surface area contributed by atoms with Crippen molar-refractivity contribution in [3.05, 3.63) is 29.8 Å². The fraction of sp³-hybridized carbons (Fsp3) is 0.500. The first-order valence-electron chi connectivity index (χ1n) is 6.51. The van der Waals surface area contributed by atoms with Crippen LogP contribution in [0, 0.1) is 0 Å². The van der Waals surface area contributed by atoms with Crippen LogP contribution in [0.2, 0.25) is 0 Å². The average molecular weight is 264 g/mol. The number of hydrogen-bond donors (Lipinski definition) is 2. The van der Waals surface area contributed by atoms with Gasteiger partial charge in [-0.25, -0.2) is 4.79 Å². The summed E-state index contributed by atoms with van der Waals surface area (Å²) in [5.74, 6) is 0. The maximum Gasteiger partial charge on any atom is 0.322 e. The molecule has 1 aromatic carbocycles. The fourth-order valence-corrected chi connectivity index (χ4v) is 2.05. The molecule has 19 heavy (non-hydrogen) atoms. The van der Waals surface area contributed by atoms with E-state index < -0.39 is 0 Å². The highest BCUT2D eigenvalue weighted by Gasteiger charge is 2.32. The number of aliphatic hydroxyl groups excluding tert-OH is 1. The minimum atomic E-state index is -0.153. The van der Waals surface area contributed by atoms with Gasteiger partial charge in [0.25, 0.3) is 0 Å². The number of carbonyl (C=O) groups is 1. The first-order chi connectivity index (χ1) is 9.26. The number of benzene rings is 1. The number of urea groups is 1. The highest BCUT2D eigenvalue weighted by Crippen LogP contribution is 2.27. The molecule has 0 aliphatic heterocycles. The van der Waals surface area contributed by atoms with Crippen LogP contribution in [0.1, 0.15) is 18.4 Å². The van der Waals surface area contributed by atoms with Gasteiger partial charge in [-0.2, -0.15) is 0 Å². The molecule has 0 aromatic heterocycles. The molecular formula is C14H20N2O3. The van der Waals surface area contributed by atoms with Gasteiger partial charge >= 0.3 is 6.03 Å². The lowest BCUT2D eigenvalue weighted by Crippen LogP contribution is -2.38. The van der Waals surface area contributed by atoms with E-state index in [9.17, 15) is 4.79 Å².